The number of aromatic amines is 1. The minimum atomic E-state index is -1.19. The Labute approximate surface area is 350 Å². The standard InChI is InChI=1S/C45H58N8O7/c1-27(2)40-44(59)49-35(16-10-11-21-46)39(55)26-48-36(24-31-25-47-34-15-9-8-14-33(31)34)42(57)51-38(23-30-17-19-32(54)20-18-30)45(60)53(4)28(3)41(56)50-37(43(58)52-40)22-29-12-6-5-7-13-29/h5-9,12-15,17-20,25,27-28,35-38,40,47-48,54H,10-11,16,21-24,26,46H2,1-4H3,(H,49,59)(H,50,56)(H,51,57)(H,52,58)/t28-,35-,36+,37-,38-,40-/m0/s1. The second-order valence-electron chi connectivity index (χ2n) is 15.8. The summed E-state index contributed by atoms with van der Waals surface area (Å²) in [6, 6.07) is 16.4. The van der Waals surface area contributed by atoms with Gasteiger partial charge in [-0.25, -0.2) is 0 Å². The summed E-state index contributed by atoms with van der Waals surface area (Å²) >= 11 is 0. The maximum atomic E-state index is 14.5. The molecule has 1 fully saturated rings. The van der Waals surface area contributed by atoms with Crippen molar-refractivity contribution in [1.29, 1.82) is 0 Å². The molecule has 0 bridgehead atoms. The third kappa shape index (κ3) is 12.0. The Morgan fingerprint density at radius 3 is 2.02 bits per heavy atom. The van der Waals surface area contributed by atoms with Crippen molar-refractivity contribution >= 4 is 46.2 Å². The summed E-state index contributed by atoms with van der Waals surface area (Å²) in [6.07, 6.45) is 3.42. The number of nitrogens with zero attached hydrogens (tertiary/aromatic N) is 1. The number of fused-ring (bicyclic) bond motifs is 1. The van der Waals surface area contributed by atoms with Crippen molar-refractivity contribution in [3.8, 4) is 5.75 Å². The highest BCUT2D eigenvalue weighted by molar-refractivity contribution is 5.98. The molecule has 5 rings (SSSR count). The van der Waals surface area contributed by atoms with Crippen molar-refractivity contribution in [3.05, 3.63) is 102 Å². The quantitative estimate of drug-likeness (QED) is 0.103. The summed E-state index contributed by atoms with van der Waals surface area (Å²) in [5.74, 6) is -3.76. The number of phenols is 1. The molecule has 1 saturated heterocycles. The zero-order valence-electron chi connectivity index (χ0n) is 34.7. The zero-order valence-corrected chi connectivity index (χ0v) is 34.7. The van der Waals surface area contributed by atoms with E-state index in [1.165, 1.54) is 31.0 Å². The second-order valence-corrected chi connectivity index (χ2v) is 15.8. The Hall–Kier alpha value is -6.06. The van der Waals surface area contributed by atoms with E-state index in [0.717, 1.165) is 22.0 Å². The van der Waals surface area contributed by atoms with E-state index in [1.807, 2.05) is 54.6 Å². The third-order valence-electron chi connectivity index (χ3n) is 11.1. The molecule has 0 radical (unpaired) electrons. The van der Waals surface area contributed by atoms with Gasteiger partial charge >= 0.3 is 0 Å². The van der Waals surface area contributed by atoms with Gasteiger partial charge in [-0.3, -0.25) is 34.1 Å². The number of para-hydroxylation sites is 1. The number of Topliss-reactive ketones (excluding diaryl/α,β-unsaturated/α-hetero) is 1. The number of ketones is 1. The lowest BCUT2D eigenvalue weighted by Crippen LogP contribution is -2.60. The van der Waals surface area contributed by atoms with E-state index in [-0.39, 0.29) is 43.8 Å². The molecule has 15 heteroatoms. The number of likely N-dealkylation sites (N-methyl/N-ethyl adjacent to an activating group) is 1. The monoisotopic (exact) mass is 822 g/mol. The molecular weight excluding hydrogens is 765 g/mol. The number of aromatic hydroxyl groups is 1. The number of nitrogens with one attached hydrogen (secondary N) is 6. The number of carbonyl (C=O) groups excluding carboxylic acids is 6. The van der Waals surface area contributed by atoms with Crippen LogP contribution in [-0.4, -0.2) is 107 Å². The molecule has 0 spiro atoms. The van der Waals surface area contributed by atoms with Crippen LogP contribution in [0.15, 0.2) is 85.1 Å². The molecule has 4 aromatic rings. The van der Waals surface area contributed by atoms with Gasteiger partial charge in [-0.2, -0.15) is 0 Å². The number of hydrogen-bond donors (Lipinski definition) is 8. The van der Waals surface area contributed by atoms with Gasteiger partial charge in [-0.15, -0.1) is 0 Å². The Morgan fingerprint density at radius 1 is 0.700 bits per heavy atom. The topological polar surface area (TPSA) is 228 Å². The van der Waals surface area contributed by atoms with E-state index in [0.29, 0.717) is 24.9 Å². The van der Waals surface area contributed by atoms with Gasteiger partial charge in [0, 0.05) is 37.0 Å². The van der Waals surface area contributed by atoms with Crippen molar-refractivity contribution in [2.45, 2.75) is 95.5 Å². The molecule has 0 aliphatic carbocycles. The van der Waals surface area contributed by atoms with Crippen LogP contribution in [0, 0.1) is 5.92 Å². The van der Waals surface area contributed by atoms with Gasteiger partial charge in [0.05, 0.1) is 18.6 Å². The number of aromatic nitrogens is 1. The highest BCUT2D eigenvalue weighted by Gasteiger charge is 2.36. The van der Waals surface area contributed by atoms with Gasteiger partial charge in [0.2, 0.25) is 29.5 Å². The Kier molecular flexibility index (Phi) is 16.0. The first-order chi connectivity index (χ1) is 28.7. The number of phenolic OH excluding ortho intramolecular Hbond substituents is 1. The smallest absolute Gasteiger partial charge is 0.245 e. The maximum Gasteiger partial charge on any atom is 0.245 e. The van der Waals surface area contributed by atoms with Crippen molar-refractivity contribution in [3.63, 3.8) is 0 Å². The van der Waals surface area contributed by atoms with E-state index in [9.17, 15) is 33.9 Å². The molecule has 0 unspecified atom stereocenters. The van der Waals surface area contributed by atoms with Crippen LogP contribution in [0.2, 0.25) is 0 Å². The average molecular weight is 823 g/mol. The minimum absolute atomic E-state index is 0.00709. The minimum Gasteiger partial charge on any atom is -0.508 e. The predicted octanol–water partition coefficient (Wildman–Crippen LogP) is 2.01. The lowest BCUT2D eigenvalue weighted by atomic mass is 9.98. The first kappa shape index (κ1) is 45.0. The number of unbranched alkanes of at least 4 members (excludes halogenated alkanes) is 1. The third-order valence-corrected chi connectivity index (χ3v) is 11.1. The largest absolute Gasteiger partial charge is 0.508 e. The molecule has 15 nitrogen and oxygen atoms in total. The fourth-order valence-electron chi connectivity index (χ4n) is 7.29. The van der Waals surface area contributed by atoms with Crippen LogP contribution in [-0.2, 0) is 48.0 Å². The normalized spacial score (nSPS) is 23.0. The van der Waals surface area contributed by atoms with Crippen molar-refractivity contribution < 1.29 is 33.9 Å². The fraction of sp³-hybridized carbons (Fsp3) is 0.422. The Morgan fingerprint density at radius 2 is 1.32 bits per heavy atom. The molecular formula is C45H58N8O7. The summed E-state index contributed by atoms with van der Waals surface area (Å²) in [5.41, 5.74) is 8.80. The molecule has 60 heavy (non-hydrogen) atoms. The first-order valence-electron chi connectivity index (χ1n) is 20.6. The number of hydrogen-bond acceptors (Lipinski definition) is 9. The van der Waals surface area contributed by atoms with Crippen LogP contribution >= 0.6 is 0 Å². The number of rotatable bonds is 11. The van der Waals surface area contributed by atoms with Crippen LogP contribution in [0.3, 0.4) is 0 Å². The van der Waals surface area contributed by atoms with Crippen LogP contribution in [0.4, 0.5) is 0 Å². The maximum absolute atomic E-state index is 14.5. The Bertz CT molecular complexity index is 2100. The van der Waals surface area contributed by atoms with Crippen LogP contribution in [0.1, 0.15) is 56.7 Å². The molecule has 1 aromatic heterocycles. The van der Waals surface area contributed by atoms with E-state index in [4.69, 9.17) is 5.73 Å². The number of carbonyl (C=O) groups is 6. The highest BCUT2D eigenvalue weighted by Crippen LogP contribution is 2.20. The van der Waals surface area contributed by atoms with Crippen LogP contribution in [0.25, 0.3) is 10.9 Å². The predicted molar refractivity (Wildman–Crippen MR) is 228 cm³/mol. The van der Waals surface area contributed by atoms with Crippen molar-refractivity contribution in [1.82, 2.24) is 36.5 Å². The summed E-state index contributed by atoms with van der Waals surface area (Å²) in [5, 5.41) is 25.4. The second kappa shape index (κ2) is 21.3. The van der Waals surface area contributed by atoms with E-state index in [2.05, 4.69) is 31.6 Å². The molecule has 6 atom stereocenters. The average Bonchev–Trinajstić information content (AvgIpc) is 3.65. The molecule has 5 amide bonds. The van der Waals surface area contributed by atoms with Gasteiger partial charge in [0.25, 0.3) is 0 Å². The number of H-pyrrole nitrogens is 1. The molecule has 1 aliphatic rings. The fourth-order valence-corrected chi connectivity index (χ4v) is 7.29. The lowest BCUT2D eigenvalue weighted by molar-refractivity contribution is -0.142. The summed E-state index contributed by atoms with van der Waals surface area (Å²) in [6.45, 7) is 5.13. The Balaban J connectivity index is 1.55. The van der Waals surface area contributed by atoms with Gasteiger partial charge in [-0.1, -0.05) is 74.5 Å². The zero-order chi connectivity index (χ0) is 43.3. The molecule has 0 saturated carbocycles. The van der Waals surface area contributed by atoms with Gasteiger partial charge in [0.15, 0.2) is 5.78 Å². The lowest BCUT2D eigenvalue weighted by Gasteiger charge is -2.31. The molecule has 9 N–H and O–H groups in total. The van der Waals surface area contributed by atoms with Gasteiger partial charge in [0.1, 0.15) is 29.9 Å². The number of amides is 5. The first-order valence-corrected chi connectivity index (χ1v) is 20.6. The molecule has 320 valence electrons. The molecule has 2 heterocycles. The van der Waals surface area contributed by atoms with Crippen molar-refractivity contribution in [2.24, 2.45) is 11.7 Å². The summed E-state index contributed by atoms with van der Waals surface area (Å²) in [4.78, 5) is 89.5. The summed E-state index contributed by atoms with van der Waals surface area (Å²) < 4.78 is 0. The highest BCUT2D eigenvalue weighted by atomic mass is 16.3. The van der Waals surface area contributed by atoms with E-state index >= 15 is 0 Å². The molecule has 1 aliphatic heterocycles. The van der Waals surface area contributed by atoms with Crippen LogP contribution < -0.4 is 32.3 Å². The SMILES string of the molecule is CC(C)[C@@H]1NC(=O)[C@H](Cc2ccccc2)NC(=O)[C@H](C)N(C)C(=O)[C@H](Cc2ccc(O)cc2)NC(=O)[C@@H](Cc2c[nH]c3ccccc23)NCC(=O)[C@H](CCCCN)NC1=O. The van der Waals surface area contributed by atoms with Gasteiger partial charge in [-0.05, 0) is 80.0 Å². The van der Waals surface area contributed by atoms with Gasteiger partial charge < -0.3 is 42.0 Å². The number of benzene rings is 3. The van der Waals surface area contributed by atoms with Crippen molar-refractivity contribution in [2.75, 3.05) is 20.1 Å². The van der Waals surface area contributed by atoms with Crippen LogP contribution in [0.5, 0.6) is 5.75 Å². The van der Waals surface area contributed by atoms with E-state index in [1.54, 1.807) is 32.2 Å². The van der Waals surface area contributed by atoms with E-state index < -0.39 is 71.7 Å². The number of nitrogens with two attached hydrogens (primary N) is 1. The summed E-state index contributed by atoms with van der Waals surface area (Å²) in [7, 11) is 1.45. The molecule has 3 aromatic carbocycles.